The Morgan fingerprint density at radius 2 is 1.94 bits per heavy atom. The first-order valence-corrected chi connectivity index (χ1v) is 5.56. The molecule has 0 aliphatic heterocycles. The molecule has 0 atom stereocenters. The average molecular weight is 249 g/mol. The van der Waals surface area contributed by atoms with Gasteiger partial charge in [0.05, 0.1) is 0 Å². The summed E-state index contributed by atoms with van der Waals surface area (Å²) in [4.78, 5) is 16.3. The maximum Gasteiger partial charge on any atom is 0.223 e. The van der Waals surface area contributed by atoms with Crippen LogP contribution in [0.25, 0.3) is 0 Å². The van der Waals surface area contributed by atoms with E-state index in [9.17, 15) is 0 Å². The highest BCUT2D eigenvalue weighted by molar-refractivity contribution is 7.99. The molecule has 17 heavy (non-hydrogen) atoms. The number of hydrogen-bond donors (Lipinski definition) is 3. The van der Waals surface area contributed by atoms with Gasteiger partial charge in [0.15, 0.2) is 5.16 Å². The fourth-order valence-electron chi connectivity index (χ4n) is 1.10. The van der Waals surface area contributed by atoms with Crippen LogP contribution in [0.5, 0.6) is 0 Å². The zero-order valence-electron chi connectivity index (χ0n) is 9.08. The van der Waals surface area contributed by atoms with Gasteiger partial charge >= 0.3 is 0 Å². The Morgan fingerprint density at radius 3 is 2.59 bits per heavy atom. The van der Waals surface area contributed by atoms with Crippen LogP contribution in [0.3, 0.4) is 0 Å². The van der Waals surface area contributed by atoms with Gasteiger partial charge in [-0.05, 0) is 24.2 Å². The van der Waals surface area contributed by atoms with Crippen molar-refractivity contribution in [3.05, 3.63) is 24.0 Å². The molecule has 88 valence electrons. The van der Waals surface area contributed by atoms with E-state index in [4.69, 9.17) is 11.6 Å². The minimum atomic E-state index is 0.148. The first kappa shape index (κ1) is 11.6. The molecule has 0 aromatic carbocycles. The van der Waals surface area contributed by atoms with Gasteiger partial charge < -0.3 is 11.2 Å². The molecule has 2 aromatic rings. The molecule has 2 aromatic heterocycles. The molecule has 0 fully saturated rings. The predicted octanol–water partition coefficient (Wildman–Crippen LogP) is 0.594. The summed E-state index contributed by atoms with van der Waals surface area (Å²) in [6, 6.07) is 1.67. The molecule has 0 spiro atoms. The van der Waals surface area contributed by atoms with Crippen molar-refractivity contribution < 1.29 is 0 Å². The van der Waals surface area contributed by atoms with Crippen molar-refractivity contribution in [1.29, 1.82) is 0 Å². The van der Waals surface area contributed by atoms with Gasteiger partial charge in [0.25, 0.3) is 0 Å². The summed E-state index contributed by atoms with van der Waals surface area (Å²) in [5.41, 5.74) is 8.96. The zero-order chi connectivity index (χ0) is 12.3. The van der Waals surface area contributed by atoms with Crippen molar-refractivity contribution in [1.82, 2.24) is 19.9 Å². The third-order valence-corrected chi connectivity index (χ3v) is 2.63. The lowest BCUT2D eigenvalue weighted by atomic mass is 10.4. The van der Waals surface area contributed by atoms with Crippen molar-refractivity contribution in [3.63, 3.8) is 0 Å². The van der Waals surface area contributed by atoms with Gasteiger partial charge in [-0.1, -0.05) is 0 Å². The molecule has 0 aliphatic rings. The number of rotatable bonds is 3. The molecule has 0 radical (unpaired) electrons. The number of nitrogens with one attached hydrogen (secondary N) is 1. The SMILES string of the molecule is Cc1cnc(Sc2cc(NN)nc(N)n2)nc1. The van der Waals surface area contributed by atoms with E-state index >= 15 is 0 Å². The van der Waals surface area contributed by atoms with E-state index in [1.807, 2.05) is 6.92 Å². The van der Waals surface area contributed by atoms with Crippen molar-refractivity contribution >= 4 is 23.5 Å². The molecule has 0 unspecified atom stereocenters. The summed E-state index contributed by atoms with van der Waals surface area (Å²) < 4.78 is 0. The van der Waals surface area contributed by atoms with Crippen LogP contribution in [0.15, 0.2) is 28.6 Å². The highest BCUT2D eigenvalue weighted by atomic mass is 32.2. The molecule has 0 saturated heterocycles. The fourth-order valence-corrected chi connectivity index (χ4v) is 1.80. The first-order valence-electron chi connectivity index (χ1n) is 4.75. The van der Waals surface area contributed by atoms with E-state index < -0.39 is 0 Å². The second-order valence-corrected chi connectivity index (χ2v) is 4.23. The molecule has 7 nitrogen and oxygen atoms in total. The van der Waals surface area contributed by atoms with Crippen molar-refractivity contribution in [2.24, 2.45) is 5.84 Å². The maximum atomic E-state index is 5.54. The number of aryl methyl sites for hydroxylation is 1. The maximum absolute atomic E-state index is 5.54. The summed E-state index contributed by atoms with van der Waals surface area (Å²) in [6.45, 7) is 1.92. The van der Waals surface area contributed by atoms with Crippen LogP contribution in [0, 0.1) is 6.92 Å². The first-order chi connectivity index (χ1) is 8.17. The van der Waals surface area contributed by atoms with E-state index in [2.05, 4.69) is 25.4 Å². The van der Waals surface area contributed by atoms with E-state index in [1.165, 1.54) is 11.8 Å². The Hall–Kier alpha value is -1.93. The predicted molar refractivity (Wildman–Crippen MR) is 65.1 cm³/mol. The van der Waals surface area contributed by atoms with Gasteiger partial charge in [-0.15, -0.1) is 0 Å². The molecular weight excluding hydrogens is 238 g/mol. The Bertz CT molecular complexity index is 513. The molecule has 0 bridgehead atoms. The van der Waals surface area contributed by atoms with E-state index in [1.54, 1.807) is 18.5 Å². The Balaban J connectivity index is 2.23. The number of anilines is 2. The van der Waals surface area contributed by atoms with Gasteiger partial charge in [-0.3, -0.25) is 0 Å². The van der Waals surface area contributed by atoms with Crippen molar-refractivity contribution in [2.75, 3.05) is 11.2 Å². The molecule has 2 rings (SSSR count). The lowest BCUT2D eigenvalue weighted by Crippen LogP contribution is -2.10. The fraction of sp³-hybridized carbons (Fsp3) is 0.111. The van der Waals surface area contributed by atoms with Crippen LogP contribution in [0.1, 0.15) is 5.56 Å². The van der Waals surface area contributed by atoms with Gasteiger partial charge in [0.1, 0.15) is 10.8 Å². The standard InChI is InChI=1S/C9H11N7S/c1-5-3-12-9(13-4-5)17-7-2-6(16-11)14-8(10)15-7/h2-4H,11H2,1H3,(H3,10,14,15,16). The van der Waals surface area contributed by atoms with Gasteiger partial charge in [-0.25, -0.2) is 20.8 Å². The number of hydrogen-bond acceptors (Lipinski definition) is 8. The number of nitrogens with two attached hydrogens (primary N) is 2. The van der Waals surface area contributed by atoms with E-state index in [0.29, 0.717) is 16.0 Å². The average Bonchev–Trinajstić information content (AvgIpc) is 2.31. The number of hydrazine groups is 1. The lowest BCUT2D eigenvalue weighted by molar-refractivity contribution is 0.942. The summed E-state index contributed by atoms with van der Waals surface area (Å²) in [7, 11) is 0. The summed E-state index contributed by atoms with van der Waals surface area (Å²) in [5.74, 6) is 5.86. The van der Waals surface area contributed by atoms with Crippen LogP contribution >= 0.6 is 11.8 Å². The molecule has 8 heteroatoms. The minimum Gasteiger partial charge on any atom is -0.368 e. The normalized spacial score (nSPS) is 10.2. The Labute approximate surface area is 102 Å². The third kappa shape index (κ3) is 3.02. The van der Waals surface area contributed by atoms with Crippen molar-refractivity contribution in [3.8, 4) is 0 Å². The van der Waals surface area contributed by atoms with Crippen LogP contribution in [0.2, 0.25) is 0 Å². The number of aromatic nitrogens is 4. The summed E-state index contributed by atoms with van der Waals surface area (Å²) in [6.07, 6.45) is 3.48. The summed E-state index contributed by atoms with van der Waals surface area (Å²) >= 11 is 1.29. The molecule has 0 aliphatic carbocycles. The van der Waals surface area contributed by atoms with Crippen LogP contribution in [0.4, 0.5) is 11.8 Å². The molecular formula is C9H11N7S. The Morgan fingerprint density at radius 1 is 1.24 bits per heavy atom. The van der Waals surface area contributed by atoms with E-state index in [0.717, 1.165) is 5.56 Å². The van der Waals surface area contributed by atoms with Crippen LogP contribution < -0.4 is 17.0 Å². The smallest absolute Gasteiger partial charge is 0.223 e. The van der Waals surface area contributed by atoms with Crippen LogP contribution in [-0.4, -0.2) is 19.9 Å². The topological polar surface area (TPSA) is 116 Å². The van der Waals surface area contributed by atoms with Crippen molar-refractivity contribution in [2.45, 2.75) is 17.1 Å². The second kappa shape index (κ2) is 4.93. The van der Waals surface area contributed by atoms with Gasteiger partial charge in [0, 0.05) is 18.5 Å². The third-order valence-electron chi connectivity index (χ3n) is 1.82. The van der Waals surface area contributed by atoms with Crippen LogP contribution in [-0.2, 0) is 0 Å². The largest absolute Gasteiger partial charge is 0.368 e. The van der Waals surface area contributed by atoms with Gasteiger partial charge in [0.2, 0.25) is 5.95 Å². The number of nitrogens with zero attached hydrogens (tertiary/aromatic N) is 4. The monoisotopic (exact) mass is 249 g/mol. The Kier molecular flexibility index (Phi) is 3.35. The van der Waals surface area contributed by atoms with Gasteiger partial charge in [-0.2, -0.15) is 4.98 Å². The quantitative estimate of drug-likeness (QED) is 0.313. The molecule has 5 N–H and O–H groups in total. The molecule has 0 saturated carbocycles. The van der Waals surface area contributed by atoms with E-state index in [-0.39, 0.29) is 5.95 Å². The zero-order valence-corrected chi connectivity index (χ0v) is 9.90. The minimum absolute atomic E-state index is 0.148. The molecule has 0 amide bonds. The second-order valence-electron chi connectivity index (χ2n) is 3.24. The highest BCUT2D eigenvalue weighted by Gasteiger charge is 2.05. The summed E-state index contributed by atoms with van der Waals surface area (Å²) in [5, 5.41) is 1.23. The number of nitrogen functional groups attached to an aromatic ring is 2. The molecule has 2 heterocycles. The highest BCUT2D eigenvalue weighted by Crippen LogP contribution is 2.24. The lowest BCUT2D eigenvalue weighted by Gasteiger charge is -2.03.